The highest BCUT2D eigenvalue weighted by Crippen LogP contribution is 2.28. The summed E-state index contributed by atoms with van der Waals surface area (Å²) < 4.78 is 5.04. The molecule has 1 atom stereocenters. The monoisotopic (exact) mass is 232 g/mol. The zero-order chi connectivity index (χ0) is 10.6. The van der Waals surface area contributed by atoms with E-state index in [9.17, 15) is 5.11 Å². The number of hydrogen-bond acceptors (Lipinski definition) is 4. The highest BCUT2D eigenvalue weighted by molar-refractivity contribution is 5.85. The third-order valence-electron chi connectivity index (χ3n) is 2.11. The van der Waals surface area contributed by atoms with E-state index in [0.29, 0.717) is 24.3 Å². The van der Waals surface area contributed by atoms with Gasteiger partial charge in [0.25, 0.3) is 0 Å². The average molecular weight is 233 g/mol. The molecule has 5 heteroatoms. The standard InChI is InChI=1S/C10H16N2O2.ClH/c1-14-7-2-3-10(13)8(6-7)9(12)4-5-11;/h2-3,6,9,13H,4-5,11-12H2,1H3;1H/t9-;/m1./s1. The maximum atomic E-state index is 9.55. The number of rotatable bonds is 4. The van der Waals surface area contributed by atoms with Gasteiger partial charge in [0.05, 0.1) is 7.11 Å². The summed E-state index contributed by atoms with van der Waals surface area (Å²) in [6.07, 6.45) is 0.640. The smallest absolute Gasteiger partial charge is 0.120 e. The molecule has 0 saturated carbocycles. The molecule has 0 heterocycles. The van der Waals surface area contributed by atoms with E-state index in [-0.39, 0.29) is 24.2 Å². The molecule has 0 spiro atoms. The van der Waals surface area contributed by atoms with Crippen LogP contribution in [0.2, 0.25) is 0 Å². The van der Waals surface area contributed by atoms with Crippen LogP contribution in [0.1, 0.15) is 18.0 Å². The van der Waals surface area contributed by atoms with Crippen molar-refractivity contribution >= 4 is 12.4 Å². The van der Waals surface area contributed by atoms with E-state index in [1.165, 1.54) is 0 Å². The average Bonchev–Trinajstić information content (AvgIpc) is 2.19. The van der Waals surface area contributed by atoms with Crippen LogP contribution in [-0.4, -0.2) is 18.8 Å². The van der Waals surface area contributed by atoms with Gasteiger partial charge in [0.15, 0.2) is 0 Å². The number of phenolic OH excluding ortho intramolecular Hbond substituents is 1. The molecule has 0 aromatic heterocycles. The highest BCUT2D eigenvalue weighted by atomic mass is 35.5. The predicted octanol–water partition coefficient (Wildman–Crippen LogP) is 1.17. The number of halogens is 1. The first-order chi connectivity index (χ1) is 6.69. The fourth-order valence-corrected chi connectivity index (χ4v) is 1.29. The summed E-state index contributed by atoms with van der Waals surface area (Å²) >= 11 is 0. The molecular weight excluding hydrogens is 216 g/mol. The second-order valence-electron chi connectivity index (χ2n) is 3.11. The van der Waals surface area contributed by atoms with E-state index < -0.39 is 0 Å². The molecule has 4 nitrogen and oxygen atoms in total. The second-order valence-corrected chi connectivity index (χ2v) is 3.11. The van der Waals surface area contributed by atoms with Crippen molar-refractivity contribution in [2.45, 2.75) is 12.5 Å². The number of ether oxygens (including phenoxy) is 1. The molecule has 0 aliphatic rings. The Labute approximate surface area is 95.6 Å². The Hall–Kier alpha value is -0.970. The van der Waals surface area contributed by atoms with Gasteiger partial charge in [0.1, 0.15) is 11.5 Å². The molecule has 86 valence electrons. The maximum absolute atomic E-state index is 9.55. The molecule has 0 aliphatic heterocycles. The van der Waals surface area contributed by atoms with Crippen molar-refractivity contribution in [3.8, 4) is 11.5 Å². The van der Waals surface area contributed by atoms with Crippen molar-refractivity contribution in [1.82, 2.24) is 0 Å². The van der Waals surface area contributed by atoms with Crippen molar-refractivity contribution in [2.24, 2.45) is 11.5 Å². The number of nitrogens with two attached hydrogens (primary N) is 2. The zero-order valence-electron chi connectivity index (χ0n) is 8.64. The van der Waals surface area contributed by atoms with Crippen molar-refractivity contribution in [1.29, 1.82) is 0 Å². The summed E-state index contributed by atoms with van der Waals surface area (Å²) in [4.78, 5) is 0. The molecule has 0 fully saturated rings. The Balaban J connectivity index is 0.00000196. The van der Waals surface area contributed by atoms with Gasteiger partial charge in [-0.2, -0.15) is 0 Å². The number of phenols is 1. The Bertz CT molecular complexity index is 307. The largest absolute Gasteiger partial charge is 0.508 e. The molecule has 5 N–H and O–H groups in total. The lowest BCUT2D eigenvalue weighted by atomic mass is 10.0. The van der Waals surface area contributed by atoms with Crippen LogP contribution < -0.4 is 16.2 Å². The summed E-state index contributed by atoms with van der Waals surface area (Å²) in [6, 6.07) is 4.75. The molecule has 0 radical (unpaired) electrons. The van der Waals surface area contributed by atoms with Crippen LogP contribution in [0, 0.1) is 0 Å². The molecule has 0 bridgehead atoms. The van der Waals surface area contributed by atoms with Crippen molar-refractivity contribution in [3.63, 3.8) is 0 Å². The molecule has 1 rings (SSSR count). The van der Waals surface area contributed by atoms with Gasteiger partial charge in [-0.05, 0) is 31.2 Å². The Morgan fingerprint density at radius 2 is 2.13 bits per heavy atom. The zero-order valence-corrected chi connectivity index (χ0v) is 9.46. The summed E-state index contributed by atoms with van der Waals surface area (Å²) in [5, 5.41) is 9.55. The van der Waals surface area contributed by atoms with Crippen LogP contribution in [0.4, 0.5) is 0 Å². The van der Waals surface area contributed by atoms with Crippen LogP contribution in [0.5, 0.6) is 11.5 Å². The summed E-state index contributed by atoms with van der Waals surface area (Å²) in [5.41, 5.74) is 11.9. The lowest BCUT2D eigenvalue weighted by Crippen LogP contribution is -2.15. The van der Waals surface area contributed by atoms with Gasteiger partial charge in [-0.15, -0.1) is 12.4 Å². The van der Waals surface area contributed by atoms with Gasteiger partial charge in [-0.3, -0.25) is 0 Å². The SMILES string of the molecule is COc1ccc(O)c([C@H](N)CCN)c1.Cl. The number of aromatic hydroxyl groups is 1. The van der Waals surface area contributed by atoms with Crippen LogP contribution in [0.3, 0.4) is 0 Å². The minimum Gasteiger partial charge on any atom is -0.508 e. The quantitative estimate of drug-likeness (QED) is 0.728. The normalized spacial score (nSPS) is 11.7. The minimum atomic E-state index is -0.241. The van der Waals surface area contributed by atoms with Crippen molar-refractivity contribution < 1.29 is 9.84 Å². The lowest BCUT2D eigenvalue weighted by Gasteiger charge is -2.13. The fraction of sp³-hybridized carbons (Fsp3) is 0.400. The van der Waals surface area contributed by atoms with E-state index >= 15 is 0 Å². The molecule has 1 aromatic rings. The van der Waals surface area contributed by atoms with Gasteiger partial charge in [0, 0.05) is 11.6 Å². The minimum absolute atomic E-state index is 0. The van der Waals surface area contributed by atoms with Crippen LogP contribution in [0.25, 0.3) is 0 Å². The maximum Gasteiger partial charge on any atom is 0.120 e. The lowest BCUT2D eigenvalue weighted by molar-refractivity contribution is 0.409. The topological polar surface area (TPSA) is 81.5 Å². The first kappa shape index (κ1) is 14.0. The molecule has 1 aromatic carbocycles. The molecular formula is C10H17ClN2O2. The van der Waals surface area contributed by atoms with Gasteiger partial charge < -0.3 is 21.3 Å². The van der Waals surface area contributed by atoms with Crippen LogP contribution in [-0.2, 0) is 0 Å². The Morgan fingerprint density at radius 1 is 1.47 bits per heavy atom. The summed E-state index contributed by atoms with van der Waals surface area (Å²) in [7, 11) is 1.57. The van der Waals surface area contributed by atoms with E-state index in [2.05, 4.69) is 0 Å². The highest BCUT2D eigenvalue weighted by Gasteiger charge is 2.10. The Morgan fingerprint density at radius 3 is 2.67 bits per heavy atom. The fourth-order valence-electron chi connectivity index (χ4n) is 1.29. The van der Waals surface area contributed by atoms with Crippen LogP contribution in [0.15, 0.2) is 18.2 Å². The van der Waals surface area contributed by atoms with Gasteiger partial charge >= 0.3 is 0 Å². The first-order valence-corrected chi connectivity index (χ1v) is 4.51. The third-order valence-corrected chi connectivity index (χ3v) is 2.11. The summed E-state index contributed by atoms with van der Waals surface area (Å²) in [6.45, 7) is 0.498. The molecule has 15 heavy (non-hydrogen) atoms. The number of methoxy groups -OCH3 is 1. The molecule has 0 amide bonds. The van der Waals surface area contributed by atoms with Crippen molar-refractivity contribution in [2.75, 3.05) is 13.7 Å². The van der Waals surface area contributed by atoms with E-state index in [0.717, 1.165) is 0 Å². The van der Waals surface area contributed by atoms with E-state index in [4.69, 9.17) is 16.2 Å². The molecule has 0 unspecified atom stereocenters. The molecule has 0 saturated heterocycles. The van der Waals surface area contributed by atoms with Gasteiger partial charge in [-0.25, -0.2) is 0 Å². The first-order valence-electron chi connectivity index (χ1n) is 4.51. The van der Waals surface area contributed by atoms with Crippen LogP contribution >= 0.6 is 12.4 Å². The number of hydrogen-bond donors (Lipinski definition) is 3. The van der Waals surface area contributed by atoms with E-state index in [1.807, 2.05) is 0 Å². The number of benzene rings is 1. The third kappa shape index (κ3) is 3.58. The predicted molar refractivity (Wildman–Crippen MR) is 62.5 cm³/mol. The Kier molecular flexibility index (Phi) is 6.08. The van der Waals surface area contributed by atoms with Crippen molar-refractivity contribution in [3.05, 3.63) is 23.8 Å². The van der Waals surface area contributed by atoms with E-state index in [1.54, 1.807) is 25.3 Å². The second kappa shape index (κ2) is 6.50. The molecule has 0 aliphatic carbocycles. The van der Waals surface area contributed by atoms with Gasteiger partial charge in [0.2, 0.25) is 0 Å². The summed E-state index contributed by atoms with van der Waals surface area (Å²) in [5.74, 6) is 0.872. The van der Waals surface area contributed by atoms with Gasteiger partial charge in [-0.1, -0.05) is 0 Å².